The average Bonchev–Trinajstić information content (AvgIpc) is 2.41. The van der Waals surface area contributed by atoms with Gasteiger partial charge in [-0.25, -0.2) is 0 Å². The van der Waals surface area contributed by atoms with E-state index in [1.165, 1.54) is 0 Å². The molecule has 1 aliphatic rings. The molecule has 1 fully saturated rings. The number of benzene rings is 1. The fourth-order valence-electron chi connectivity index (χ4n) is 2.32. The number of nitrogens with zero attached hydrogens (tertiary/aromatic N) is 2. The van der Waals surface area contributed by atoms with Crippen molar-refractivity contribution in [3.05, 3.63) is 34.9 Å². The molecule has 0 spiro atoms. The van der Waals surface area contributed by atoms with Gasteiger partial charge in [-0.15, -0.1) is 0 Å². The van der Waals surface area contributed by atoms with Crippen molar-refractivity contribution in [3.8, 4) is 0 Å². The first-order valence-electron chi connectivity index (χ1n) is 6.49. The molecule has 1 aliphatic heterocycles. The molecule has 0 bridgehead atoms. The first-order chi connectivity index (χ1) is 9.09. The number of piperazine rings is 1. The highest BCUT2D eigenvalue weighted by Crippen LogP contribution is 2.19. The Labute approximate surface area is 119 Å². The normalized spacial score (nSPS) is 20.3. The Morgan fingerprint density at radius 3 is 2.89 bits per heavy atom. The average molecular weight is 282 g/mol. The van der Waals surface area contributed by atoms with Crippen molar-refractivity contribution >= 4 is 17.5 Å². The van der Waals surface area contributed by atoms with Gasteiger partial charge >= 0.3 is 0 Å². The number of likely N-dealkylation sites (N-methyl/N-ethyl adjacent to an activating group) is 1. The molecule has 104 valence electrons. The molecule has 0 radical (unpaired) electrons. The first-order valence-corrected chi connectivity index (χ1v) is 6.86. The van der Waals surface area contributed by atoms with E-state index in [4.69, 9.17) is 11.6 Å². The highest BCUT2D eigenvalue weighted by Gasteiger charge is 2.29. The Kier molecular flexibility index (Phi) is 4.80. The molecule has 5 heteroatoms. The van der Waals surface area contributed by atoms with E-state index in [2.05, 4.69) is 10.2 Å². The molecular formula is C14H20ClN3O. The second kappa shape index (κ2) is 6.37. The maximum absolute atomic E-state index is 12.2. The molecule has 1 saturated heterocycles. The Balaban J connectivity index is 2.12. The van der Waals surface area contributed by atoms with E-state index in [1.54, 1.807) is 19.0 Å². The number of amides is 1. The summed E-state index contributed by atoms with van der Waals surface area (Å²) < 4.78 is 0. The Morgan fingerprint density at radius 1 is 1.47 bits per heavy atom. The fourth-order valence-corrected chi connectivity index (χ4v) is 2.52. The first kappa shape index (κ1) is 14.3. The summed E-state index contributed by atoms with van der Waals surface area (Å²) in [5, 5.41) is 4.04. The standard InChI is InChI=1S/C14H20ClN3O/c1-17(2)14(19)13-9-16-7-8-18(13)10-11-5-3-4-6-12(11)15/h3-6,13,16H,7-10H2,1-2H3. The summed E-state index contributed by atoms with van der Waals surface area (Å²) >= 11 is 6.20. The van der Waals surface area contributed by atoms with E-state index < -0.39 is 0 Å². The number of rotatable bonds is 3. The number of carbonyl (C=O) groups excluding carboxylic acids is 1. The van der Waals surface area contributed by atoms with Crippen LogP contribution in [0.1, 0.15) is 5.56 Å². The van der Waals surface area contributed by atoms with Crippen molar-refractivity contribution in [2.45, 2.75) is 12.6 Å². The van der Waals surface area contributed by atoms with Crippen LogP contribution < -0.4 is 5.32 Å². The number of carbonyl (C=O) groups is 1. The number of hydrogen-bond donors (Lipinski definition) is 1. The largest absolute Gasteiger partial charge is 0.347 e. The van der Waals surface area contributed by atoms with Gasteiger partial charge in [-0.2, -0.15) is 0 Å². The minimum atomic E-state index is -0.111. The van der Waals surface area contributed by atoms with Crippen molar-refractivity contribution in [2.75, 3.05) is 33.7 Å². The van der Waals surface area contributed by atoms with Gasteiger partial charge in [0.2, 0.25) is 5.91 Å². The summed E-state index contributed by atoms with van der Waals surface area (Å²) in [6, 6.07) is 7.70. The maximum atomic E-state index is 12.2. The van der Waals surface area contributed by atoms with Crippen LogP contribution >= 0.6 is 11.6 Å². The third-order valence-corrected chi connectivity index (χ3v) is 3.78. The lowest BCUT2D eigenvalue weighted by atomic mass is 10.1. The lowest BCUT2D eigenvalue weighted by Gasteiger charge is -2.36. The molecule has 19 heavy (non-hydrogen) atoms. The van der Waals surface area contributed by atoms with Gasteiger partial charge in [0, 0.05) is 45.3 Å². The van der Waals surface area contributed by atoms with E-state index in [9.17, 15) is 4.79 Å². The zero-order valence-electron chi connectivity index (χ0n) is 11.4. The Hall–Kier alpha value is -1.10. The van der Waals surface area contributed by atoms with Crippen molar-refractivity contribution in [2.24, 2.45) is 0 Å². The van der Waals surface area contributed by atoms with Gasteiger partial charge in [0.05, 0.1) is 0 Å². The molecule has 4 nitrogen and oxygen atoms in total. The lowest BCUT2D eigenvalue weighted by Crippen LogP contribution is -2.57. The maximum Gasteiger partial charge on any atom is 0.240 e. The van der Waals surface area contributed by atoms with Gasteiger partial charge in [-0.05, 0) is 11.6 Å². The van der Waals surface area contributed by atoms with E-state index in [0.717, 1.165) is 23.7 Å². The highest BCUT2D eigenvalue weighted by atomic mass is 35.5. The molecule has 1 atom stereocenters. The van der Waals surface area contributed by atoms with Crippen LogP contribution in [0.5, 0.6) is 0 Å². The molecular weight excluding hydrogens is 262 g/mol. The quantitative estimate of drug-likeness (QED) is 0.904. The van der Waals surface area contributed by atoms with Crippen LogP contribution in [0.4, 0.5) is 0 Å². The van der Waals surface area contributed by atoms with Gasteiger partial charge < -0.3 is 10.2 Å². The number of halogens is 1. The van der Waals surface area contributed by atoms with Crippen LogP contribution in [-0.2, 0) is 11.3 Å². The summed E-state index contributed by atoms with van der Waals surface area (Å²) in [6.07, 6.45) is 0. The molecule has 1 unspecified atom stereocenters. The summed E-state index contributed by atoms with van der Waals surface area (Å²) in [5.41, 5.74) is 1.07. The minimum Gasteiger partial charge on any atom is -0.347 e. The SMILES string of the molecule is CN(C)C(=O)C1CNCCN1Cc1ccccc1Cl. The van der Waals surface area contributed by atoms with Gasteiger partial charge in [-0.1, -0.05) is 29.8 Å². The third kappa shape index (κ3) is 3.47. The molecule has 1 heterocycles. The monoisotopic (exact) mass is 281 g/mol. The third-order valence-electron chi connectivity index (χ3n) is 3.41. The molecule has 1 N–H and O–H groups in total. The molecule has 0 aliphatic carbocycles. The molecule has 2 rings (SSSR count). The molecule has 0 saturated carbocycles. The van der Waals surface area contributed by atoms with Gasteiger partial charge in [0.1, 0.15) is 6.04 Å². The lowest BCUT2D eigenvalue weighted by molar-refractivity contribution is -0.135. The van der Waals surface area contributed by atoms with Crippen LogP contribution in [-0.4, -0.2) is 55.5 Å². The highest BCUT2D eigenvalue weighted by molar-refractivity contribution is 6.31. The summed E-state index contributed by atoms with van der Waals surface area (Å²) in [5.74, 6) is 0.138. The minimum absolute atomic E-state index is 0.111. The summed E-state index contributed by atoms with van der Waals surface area (Å²) in [6.45, 7) is 3.17. The van der Waals surface area contributed by atoms with Crippen LogP contribution in [0.25, 0.3) is 0 Å². The smallest absolute Gasteiger partial charge is 0.240 e. The Bertz CT molecular complexity index is 450. The number of nitrogens with one attached hydrogen (secondary N) is 1. The van der Waals surface area contributed by atoms with Crippen molar-refractivity contribution in [3.63, 3.8) is 0 Å². The molecule has 0 aromatic heterocycles. The van der Waals surface area contributed by atoms with Crippen molar-refractivity contribution < 1.29 is 4.79 Å². The fraction of sp³-hybridized carbons (Fsp3) is 0.500. The van der Waals surface area contributed by atoms with Gasteiger partial charge in [-0.3, -0.25) is 9.69 Å². The molecule has 1 amide bonds. The van der Waals surface area contributed by atoms with Crippen LogP contribution in [0.15, 0.2) is 24.3 Å². The van der Waals surface area contributed by atoms with E-state index in [1.807, 2.05) is 24.3 Å². The predicted octanol–water partition coefficient (Wildman–Crippen LogP) is 1.20. The second-order valence-electron chi connectivity index (χ2n) is 5.01. The summed E-state index contributed by atoms with van der Waals surface area (Å²) in [4.78, 5) is 16.0. The molecule has 1 aromatic carbocycles. The van der Waals surface area contributed by atoms with Crippen molar-refractivity contribution in [1.82, 2.24) is 15.1 Å². The molecule has 1 aromatic rings. The predicted molar refractivity (Wildman–Crippen MR) is 77.2 cm³/mol. The van der Waals surface area contributed by atoms with Crippen molar-refractivity contribution in [1.29, 1.82) is 0 Å². The van der Waals surface area contributed by atoms with Crippen LogP contribution in [0, 0.1) is 0 Å². The summed E-state index contributed by atoms with van der Waals surface area (Å²) in [7, 11) is 3.59. The van der Waals surface area contributed by atoms with Crippen LogP contribution in [0.2, 0.25) is 5.02 Å². The zero-order valence-corrected chi connectivity index (χ0v) is 12.2. The van der Waals surface area contributed by atoms with E-state index in [0.29, 0.717) is 13.1 Å². The van der Waals surface area contributed by atoms with E-state index in [-0.39, 0.29) is 11.9 Å². The van der Waals surface area contributed by atoms with Gasteiger partial charge in [0.25, 0.3) is 0 Å². The zero-order chi connectivity index (χ0) is 13.8. The topological polar surface area (TPSA) is 35.6 Å². The Morgan fingerprint density at radius 2 is 2.21 bits per heavy atom. The van der Waals surface area contributed by atoms with Crippen LogP contribution in [0.3, 0.4) is 0 Å². The van der Waals surface area contributed by atoms with Gasteiger partial charge in [0.15, 0.2) is 0 Å². The number of hydrogen-bond acceptors (Lipinski definition) is 3. The van der Waals surface area contributed by atoms with E-state index >= 15 is 0 Å². The second-order valence-corrected chi connectivity index (χ2v) is 5.42.